The molecule has 1 aliphatic heterocycles. The molecule has 1 heterocycles. The first-order valence-corrected chi connectivity index (χ1v) is 10.0. The lowest BCUT2D eigenvalue weighted by atomic mass is 10.2. The Balaban J connectivity index is 2.16. The van der Waals surface area contributed by atoms with Gasteiger partial charge in [0.1, 0.15) is 5.82 Å². The first-order valence-electron chi connectivity index (χ1n) is 7.17. The molecule has 1 saturated heterocycles. The number of anilines is 1. The van der Waals surface area contributed by atoms with Crippen LogP contribution in [0.1, 0.15) is 5.56 Å². The first-order chi connectivity index (χ1) is 11.0. The van der Waals surface area contributed by atoms with E-state index >= 15 is 0 Å². The van der Waals surface area contributed by atoms with Gasteiger partial charge in [0, 0.05) is 31.1 Å². The van der Waals surface area contributed by atoms with Crippen LogP contribution in [0.15, 0.2) is 17.0 Å². The summed E-state index contributed by atoms with van der Waals surface area (Å²) in [6.07, 6.45) is -3.19. The molecule has 0 bridgehead atoms. The van der Waals surface area contributed by atoms with E-state index in [1.165, 1.54) is 16.4 Å². The fourth-order valence-electron chi connectivity index (χ4n) is 2.46. The monoisotopic (exact) mass is 386 g/mol. The van der Waals surface area contributed by atoms with E-state index in [4.69, 9.17) is 0 Å². The molecular weight excluding hydrogens is 368 g/mol. The molecule has 2 rings (SSSR count). The van der Waals surface area contributed by atoms with E-state index < -0.39 is 27.8 Å². The first kappa shape index (κ1) is 19.3. The van der Waals surface area contributed by atoms with Gasteiger partial charge < -0.3 is 4.90 Å². The van der Waals surface area contributed by atoms with Gasteiger partial charge >= 0.3 is 6.18 Å². The lowest BCUT2D eigenvalue weighted by molar-refractivity contribution is -0.105. The average Bonchev–Trinajstić information content (AvgIpc) is 2.44. The molecule has 10 heteroatoms. The molecule has 0 unspecified atom stereocenters. The SMILES string of the molecule is Cc1cc(F)c(N2CCN(S(C)(=O)=O)CC2)cc1SCC(F)(F)F. The summed E-state index contributed by atoms with van der Waals surface area (Å²) in [6.45, 7) is 2.58. The maximum absolute atomic E-state index is 14.2. The van der Waals surface area contributed by atoms with Gasteiger partial charge in [-0.1, -0.05) is 0 Å². The second-order valence-corrected chi connectivity index (χ2v) is 8.62. The molecule has 24 heavy (non-hydrogen) atoms. The Morgan fingerprint density at radius 1 is 1.17 bits per heavy atom. The number of hydrogen-bond acceptors (Lipinski definition) is 4. The molecule has 136 valence electrons. The highest BCUT2D eigenvalue weighted by Gasteiger charge is 2.29. The molecule has 0 radical (unpaired) electrons. The minimum Gasteiger partial charge on any atom is -0.366 e. The largest absolute Gasteiger partial charge is 0.398 e. The quantitative estimate of drug-likeness (QED) is 0.589. The molecule has 1 fully saturated rings. The summed E-state index contributed by atoms with van der Waals surface area (Å²) in [7, 11) is -3.30. The number of piperazine rings is 1. The van der Waals surface area contributed by atoms with Crippen molar-refractivity contribution in [3.8, 4) is 0 Å². The third-order valence-corrected chi connectivity index (χ3v) is 6.21. The third kappa shape index (κ3) is 5.00. The summed E-state index contributed by atoms with van der Waals surface area (Å²) in [5.74, 6) is -1.56. The van der Waals surface area contributed by atoms with Crippen molar-refractivity contribution in [2.45, 2.75) is 18.0 Å². The van der Waals surface area contributed by atoms with Crippen molar-refractivity contribution in [2.24, 2.45) is 0 Å². The Morgan fingerprint density at radius 2 is 1.75 bits per heavy atom. The maximum atomic E-state index is 14.2. The van der Waals surface area contributed by atoms with Crippen molar-refractivity contribution >= 4 is 27.5 Å². The third-order valence-electron chi connectivity index (χ3n) is 3.68. The van der Waals surface area contributed by atoms with Crippen molar-refractivity contribution in [1.82, 2.24) is 4.31 Å². The lowest BCUT2D eigenvalue weighted by Crippen LogP contribution is -2.48. The molecule has 0 N–H and O–H groups in total. The zero-order valence-corrected chi connectivity index (χ0v) is 14.9. The molecule has 1 aliphatic rings. The van der Waals surface area contributed by atoms with Crippen molar-refractivity contribution in [1.29, 1.82) is 0 Å². The van der Waals surface area contributed by atoms with E-state index in [1.807, 2.05) is 0 Å². The van der Waals surface area contributed by atoms with Crippen LogP contribution in [-0.2, 0) is 10.0 Å². The molecule has 0 amide bonds. The number of benzene rings is 1. The van der Waals surface area contributed by atoms with Gasteiger partial charge in [-0.3, -0.25) is 0 Å². The van der Waals surface area contributed by atoms with Crippen molar-refractivity contribution in [3.63, 3.8) is 0 Å². The Labute approximate surface area is 142 Å². The van der Waals surface area contributed by atoms with Crippen LogP contribution in [0.2, 0.25) is 0 Å². The number of nitrogens with zero attached hydrogens (tertiary/aromatic N) is 2. The summed E-state index contributed by atoms with van der Waals surface area (Å²) in [5, 5.41) is 0. The summed E-state index contributed by atoms with van der Waals surface area (Å²) < 4.78 is 75.7. The number of aryl methyl sites for hydroxylation is 1. The van der Waals surface area contributed by atoms with E-state index in [0.29, 0.717) is 22.2 Å². The molecule has 0 aliphatic carbocycles. The predicted octanol–water partition coefficient (Wildman–Crippen LogP) is 2.87. The van der Waals surface area contributed by atoms with E-state index in [1.54, 1.807) is 11.8 Å². The highest BCUT2D eigenvalue weighted by molar-refractivity contribution is 7.99. The van der Waals surface area contributed by atoms with Crippen LogP contribution >= 0.6 is 11.8 Å². The molecular formula is C14H18F4N2O2S2. The molecule has 0 atom stereocenters. The Kier molecular flexibility index (Phi) is 5.71. The van der Waals surface area contributed by atoms with Crippen LogP contribution in [0.4, 0.5) is 23.2 Å². The predicted molar refractivity (Wildman–Crippen MR) is 86.5 cm³/mol. The maximum Gasteiger partial charge on any atom is 0.398 e. The van der Waals surface area contributed by atoms with Crippen molar-refractivity contribution in [2.75, 3.05) is 43.1 Å². The summed E-state index contributed by atoms with van der Waals surface area (Å²) >= 11 is 0.621. The number of sulfonamides is 1. The van der Waals surface area contributed by atoms with Crippen LogP contribution < -0.4 is 4.90 Å². The lowest BCUT2D eigenvalue weighted by Gasteiger charge is -2.35. The van der Waals surface area contributed by atoms with E-state index in [-0.39, 0.29) is 31.9 Å². The van der Waals surface area contributed by atoms with E-state index in [2.05, 4.69) is 0 Å². The van der Waals surface area contributed by atoms with Crippen LogP contribution in [0.5, 0.6) is 0 Å². The number of halogens is 4. The minimum absolute atomic E-state index is 0.207. The average molecular weight is 386 g/mol. The smallest absolute Gasteiger partial charge is 0.366 e. The van der Waals surface area contributed by atoms with E-state index in [9.17, 15) is 26.0 Å². The van der Waals surface area contributed by atoms with Crippen LogP contribution in [-0.4, -0.2) is 57.1 Å². The Bertz CT molecular complexity index is 699. The number of rotatable bonds is 4. The standard InChI is InChI=1S/C14H18F4N2O2S2/c1-10-7-11(15)12(8-13(10)23-9-14(16,17)18)19-3-5-20(6-4-19)24(2,21)22/h7-8H,3-6,9H2,1-2H3. The topological polar surface area (TPSA) is 40.6 Å². The van der Waals surface area contributed by atoms with Gasteiger partial charge in [0.05, 0.1) is 17.7 Å². The second-order valence-electron chi connectivity index (χ2n) is 5.62. The summed E-state index contributed by atoms with van der Waals surface area (Å²) in [6, 6.07) is 2.63. The van der Waals surface area contributed by atoms with Crippen LogP contribution in [0, 0.1) is 12.7 Å². The summed E-state index contributed by atoms with van der Waals surface area (Å²) in [5.41, 5.74) is 0.652. The molecule has 1 aromatic rings. The van der Waals surface area contributed by atoms with Crippen LogP contribution in [0.25, 0.3) is 0 Å². The summed E-state index contributed by atoms with van der Waals surface area (Å²) in [4.78, 5) is 2.03. The van der Waals surface area contributed by atoms with Gasteiger partial charge in [0.25, 0.3) is 0 Å². The highest BCUT2D eigenvalue weighted by atomic mass is 32.2. The van der Waals surface area contributed by atoms with Gasteiger partial charge in [-0.15, -0.1) is 11.8 Å². The van der Waals surface area contributed by atoms with Crippen molar-refractivity contribution < 1.29 is 26.0 Å². The van der Waals surface area contributed by atoms with Gasteiger partial charge in [0.2, 0.25) is 10.0 Å². The molecule has 4 nitrogen and oxygen atoms in total. The second kappa shape index (κ2) is 7.09. The normalized spacial score (nSPS) is 17.3. The fourth-order valence-corrected chi connectivity index (χ4v) is 4.09. The number of hydrogen-bond donors (Lipinski definition) is 0. The minimum atomic E-state index is -4.30. The van der Waals surface area contributed by atoms with Crippen LogP contribution in [0.3, 0.4) is 0 Å². The zero-order valence-electron chi connectivity index (χ0n) is 13.2. The van der Waals surface area contributed by atoms with Gasteiger partial charge in [-0.25, -0.2) is 12.8 Å². The number of alkyl halides is 3. The van der Waals surface area contributed by atoms with Gasteiger partial charge in [0.15, 0.2) is 0 Å². The zero-order chi connectivity index (χ0) is 18.1. The van der Waals surface area contributed by atoms with Gasteiger partial charge in [-0.2, -0.15) is 17.5 Å². The Hall–Kier alpha value is -1.00. The van der Waals surface area contributed by atoms with Crippen molar-refractivity contribution in [3.05, 3.63) is 23.5 Å². The van der Waals surface area contributed by atoms with E-state index in [0.717, 1.165) is 6.26 Å². The molecule has 1 aromatic carbocycles. The molecule has 0 spiro atoms. The molecule has 0 aromatic heterocycles. The van der Waals surface area contributed by atoms with Gasteiger partial charge in [-0.05, 0) is 24.6 Å². The molecule has 0 saturated carbocycles. The highest BCUT2D eigenvalue weighted by Crippen LogP contribution is 2.34. The Morgan fingerprint density at radius 3 is 2.25 bits per heavy atom. The fraction of sp³-hybridized carbons (Fsp3) is 0.571. The number of thioether (sulfide) groups is 1.